The Morgan fingerprint density at radius 2 is 2.13 bits per heavy atom. The van der Waals surface area contributed by atoms with Crippen LogP contribution in [0, 0.1) is 0 Å². The molecule has 0 bridgehead atoms. The van der Waals surface area contributed by atoms with Crippen molar-refractivity contribution >= 4 is 21.9 Å². The molecule has 0 radical (unpaired) electrons. The van der Waals surface area contributed by atoms with Crippen LogP contribution in [-0.4, -0.2) is 25.3 Å². The van der Waals surface area contributed by atoms with E-state index in [0.717, 1.165) is 0 Å². The number of hydrogen-bond acceptors (Lipinski definition) is 4. The molecular weight excluding hydrogens is 264 g/mol. The second-order valence-electron chi connectivity index (χ2n) is 2.87. The number of carbonyl (C=O) groups excluding carboxylic acids is 1. The zero-order valence-electron chi connectivity index (χ0n) is 8.41. The molecule has 0 saturated heterocycles. The van der Waals surface area contributed by atoms with Gasteiger partial charge in [-0.25, -0.2) is 0 Å². The Balaban J connectivity index is 3.02. The van der Waals surface area contributed by atoms with Gasteiger partial charge >= 0.3 is 5.97 Å². The summed E-state index contributed by atoms with van der Waals surface area (Å²) in [6.07, 6.45) is 0.133. The van der Waals surface area contributed by atoms with Crippen molar-refractivity contribution in [1.29, 1.82) is 0 Å². The average Bonchev–Trinajstić information content (AvgIpc) is 2.21. The van der Waals surface area contributed by atoms with E-state index in [9.17, 15) is 9.90 Å². The first-order valence-electron chi connectivity index (χ1n) is 4.20. The third kappa shape index (κ3) is 2.86. The maximum absolute atomic E-state index is 11.1. The van der Waals surface area contributed by atoms with Gasteiger partial charge in [0.05, 0.1) is 20.6 Å². The smallest absolute Gasteiger partial charge is 0.310 e. The zero-order valence-corrected chi connectivity index (χ0v) is 10.00. The van der Waals surface area contributed by atoms with Crippen molar-refractivity contribution < 1.29 is 19.4 Å². The summed E-state index contributed by atoms with van der Waals surface area (Å²) in [7, 11) is 2.78. The number of halogens is 1. The topological polar surface area (TPSA) is 55.8 Å². The van der Waals surface area contributed by atoms with E-state index >= 15 is 0 Å². The van der Waals surface area contributed by atoms with Crippen LogP contribution >= 0.6 is 15.9 Å². The van der Waals surface area contributed by atoms with Gasteiger partial charge in [-0.15, -0.1) is 0 Å². The molecule has 4 nitrogen and oxygen atoms in total. The first-order valence-corrected chi connectivity index (χ1v) is 5.00. The minimum Gasteiger partial charge on any atom is -0.504 e. The van der Waals surface area contributed by atoms with Crippen LogP contribution in [0.5, 0.6) is 11.5 Å². The lowest BCUT2D eigenvalue weighted by Gasteiger charge is -2.08. The molecule has 1 N–H and O–H groups in total. The lowest BCUT2D eigenvalue weighted by atomic mass is 10.1. The van der Waals surface area contributed by atoms with Gasteiger partial charge in [-0.1, -0.05) is 15.9 Å². The highest BCUT2D eigenvalue weighted by Crippen LogP contribution is 2.32. The molecule has 0 atom stereocenters. The van der Waals surface area contributed by atoms with E-state index in [1.54, 1.807) is 6.07 Å². The Labute approximate surface area is 95.9 Å². The lowest BCUT2D eigenvalue weighted by Crippen LogP contribution is -2.05. The van der Waals surface area contributed by atoms with Crippen LogP contribution in [0.3, 0.4) is 0 Å². The number of aromatic hydroxyl groups is 1. The van der Waals surface area contributed by atoms with Crippen molar-refractivity contribution in [3.8, 4) is 11.5 Å². The number of benzene rings is 1. The Morgan fingerprint density at radius 3 is 2.67 bits per heavy atom. The van der Waals surface area contributed by atoms with Crippen molar-refractivity contribution in [1.82, 2.24) is 0 Å². The molecule has 0 unspecified atom stereocenters. The van der Waals surface area contributed by atoms with Gasteiger partial charge in [-0.2, -0.15) is 0 Å². The molecule has 1 aromatic carbocycles. The summed E-state index contributed by atoms with van der Waals surface area (Å²) >= 11 is 3.24. The van der Waals surface area contributed by atoms with E-state index in [0.29, 0.717) is 15.8 Å². The Morgan fingerprint density at radius 1 is 1.47 bits per heavy atom. The first kappa shape index (κ1) is 11.8. The number of rotatable bonds is 3. The van der Waals surface area contributed by atoms with Gasteiger partial charge in [0.15, 0.2) is 11.5 Å². The molecule has 0 fully saturated rings. The maximum Gasteiger partial charge on any atom is 0.310 e. The Hall–Kier alpha value is -1.23. The van der Waals surface area contributed by atoms with E-state index in [-0.39, 0.29) is 18.1 Å². The number of hydrogen-bond donors (Lipinski definition) is 1. The highest BCUT2D eigenvalue weighted by Gasteiger charge is 2.11. The van der Waals surface area contributed by atoms with Gasteiger partial charge in [-0.3, -0.25) is 4.79 Å². The van der Waals surface area contributed by atoms with Crippen LogP contribution in [0.4, 0.5) is 0 Å². The van der Waals surface area contributed by atoms with E-state index < -0.39 is 0 Å². The average molecular weight is 275 g/mol. The number of methoxy groups -OCH3 is 2. The lowest BCUT2D eigenvalue weighted by molar-refractivity contribution is -0.139. The number of phenolic OH excluding ortho intramolecular Hbond substituents is 1. The summed E-state index contributed by atoms with van der Waals surface area (Å²) < 4.78 is 10.1. The summed E-state index contributed by atoms with van der Waals surface area (Å²) in [6.45, 7) is 0. The second-order valence-corrected chi connectivity index (χ2v) is 3.72. The Bertz CT molecular complexity index is 376. The van der Waals surface area contributed by atoms with Crippen LogP contribution < -0.4 is 4.74 Å². The number of ether oxygens (including phenoxy) is 2. The first-order chi connectivity index (χ1) is 7.08. The zero-order chi connectivity index (χ0) is 11.4. The maximum atomic E-state index is 11.1. The van der Waals surface area contributed by atoms with E-state index in [2.05, 4.69) is 20.7 Å². The van der Waals surface area contributed by atoms with Crippen molar-refractivity contribution in [2.24, 2.45) is 0 Å². The fraction of sp³-hybridized carbons (Fsp3) is 0.300. The molecule has 15 heavy (non-hydrogen) atoms. The third-order valence-corrected chi connectivity index (χ3v) is 2.65. The second kappa shape index (κ2) is 5.02. The van der Waals surface area contributed by atoms with Crippen molar-refractivity contribution in [2.45, 2.75) is 6.42 Å². The molecule has 82 valence electrons. The van der Waals surface area contributed by atoms with Crippen LogP contribution in [0.15, 0.2) is 16.6 Å². The van der Waals surface area contributed by atoms with Gasteiger partial charge < -0.3 is 14.6 Å². The number of carbonyl (C=O) groups is 1. The van der Waals surface area contributed by atoms with Gasteiger partial charge in [-0.05, 0) is 17.7 Å². The molecule has 0 aliphatic carbocycles. The molecule has 5 heteroatoms. The highest BCUT2D eigenvalue weighted by molar-refractivity contribution is 9.10. The standard InChI is InChI=1S/C10H11BrO4/c1-14-9-3-6(4-10(13)15-2)7(11)5-8(9)12/h3,5,12H,4H2,1-2H3. The molecule has 0 saturated carbocycles. The van der Waals surface area contributed by atoms with Crippen LogP contribution in [0.25, 0.3) is 0 Å². The molecule has 0 heterocycles. The van der Waals surface area contributed by atoms with Gasteiger partial charge in [0.2, 0.25) is 0 Å². The van der Waals surface area contributed by atoms with E-state index in [4.69, 9.17) is 4.74 Å². The van der Waals surface area contributed by atoms with Crippen molar-refractivity contribution in [2.75, 3.05) is 14.2 Å². The summed E-state index contributed by atoms with van der Waals surface area (Å²) in [5.74, 6) is 0.0125. The minimum atomic E-state index is -0.344. The molecule has 0 spiro atoms. The molecule has 0 aliphatic heterocycles. The van der Waals surface area contributed by atoms with Crippen LogP contribution in [0.1, 0.15) is 5.56 Å². The third-order valence-electron chi connectivity index (χ3n) is 1.91. The van der Waals surface area contributed by atoms with Crippen molar-refractivity contribution in [3.63, 3.8) is 0 Å². The predicted molar refractivity (Wildman–Crippen MR) is 58.1 cm³/mol. The largest absolute Gasteiger partial charge is 0.504 e. The quantitative estimate of drug-likeness (QED) is 0.856. The van der Waals surface area contributed by atoms with Gasteiger partial charge in [0.25, 0.3) is 0 Å². The minimum absolute atomic E-state index is 0.0259. The van der Waals surface area contributed by atoms with Gasteiger partial charge in [0, 0.05) is 4.47 Å². The van der Waals surface area contributed by atoms with Crippen LogP contribution in [0.2, 0.25) is 0 Å². The van der Waals surface area contributed by atoms with E-state index in [1.807, 2.05) is 0 Å². The molecule has 0 amide bonds. The SMILES string of the molecule is COC(=O)Cc1cc(OC)c(O)cc1Br. The Kier molecular flexibility index (Phi) is 3.96. The summed E-state index contributed by atoms with van der Waals surface area (Å²) in [4.78, 5) is 11.1. The van der Waals surface area contributed by atoms with Crippen LogP contribution in [-0.2, 0) is 16.0 Å². The molecule has 0 aliphatic rings. The van der Waals surface area contributed by atoms with Gasteiger partial charge in [0.1, 0.15) is 0 Å². The highest BCUT2D eigenvalue weighted by atomic mass is 79.9. The summed E-state index contributed by atoms with van der Waals surface area (Å²) in [5, 5.41) is 9.44. The molecule has 1 aromatic rings. The molecular formula is C10H11BrO4. The number of phenols is 1. The monoisotopic (exact) mass is 274 g/mol. The molecule has 1 rings (SSSR count). The number of esters is 1. The van der Waals surface area contributed by atoms with E-state index in [1.165, 1.54) is 20.3 Å². The normalized spacial score (nSPS) is 9.80. The summed E-state index contributed by atoms with van der Waals surface area (Å²) in [6, 6.07) is 3.08. The predicted octanol–water partition coefficient (Wildman–Crippen LogP) is 1.88. The summed E-state index contributed by atoms with van der Waals surface area (Å²) in [5.41, 5.74) is 0.705. The van der Waals surface area contributed by atoms with Crippen molar-refractivity contribution in [3.05, 3.63) is 22.2 Å². The molecule has 0 aromatic heterocycles. The fourth-order valence-corrected chi connectivity index (χ4v) is 1.58. The fourth-order valence-electron chi connectivity index (χ4n) is 1.11.